The first kappa shape index (κ1) is 25.1. The molecule has 40 heavy (non-hydrogen) atoms. The van der Waals surface area contributed by atoms with Crippen molar-refractivity contribution in [2.45, 2.75) is 0 Å². The molecule has 0 spiro atoms. The summed E-state index contributed by atoms with van der Waals surface area (Å²) < 4.78 is 5.58. The minimum atomic E-state index is -0.590. The molecule has 0 aliphatic heterocycles. The normalized spacial score (nSPS) is 11.2. The van der Waals surface area contributed by atoms with Gasteiger partial charge >= 0.3 is 5.97 Å². The van der Waals surface area contributed by atoms with Crippen molar-refractivity contribution in [3.63, 3.8) is 0 Å². The van der Waals surface area contributed by atoms with E-state index in [1.165, 1.54) is 6.21 Å². The summed E-state index contributed by atoms with van der Waals surface area (Å²) >= 11 is 6.14. The predicted octanol–water partition coefficient (Wildman–Crippen LogP) is 7.62. The molecule has 1 heterocycles. The third kappa shape index (κ3) is 4.84. The van der Waals surface area contributed by atoms with E-state index in [0.29, 0.717) is 16.3 Å². The zero-order chi connectivity index (χ0) is 27.5. The van der Waals surface area contributed by atoms with Gasteiger partial charge < -0.3 is 9.72 Å². The fourth-order valence-electron chi connectivity index (χ4n) is 4.69. The van der Waals surface area contributed by atoms with E-state index in [2.05, 4.69) is 21.6 Å². The maximum atomic E-state index is 13.5. The number of benzene rings is 5. The Morgan fingerprint density at radius 1 is 0.775 bits per heavy atom. The molecular weight excluding hydrogens is 522 g/mol. The molecule has 194 valence electrons. The van der Waals surface area contributed by atoms with Crippen molar-refractivity contribution in [2.75, 3.05) is 0 Å². The lowest BCUT2D eigenvalue weighted by atomic mass is 9.99. The highest BCUT2D eigenvalue weighted by Gasteiger charge is 2.20. The second-order valence-electron chi connectivity index (χ2n) is 9.06. The molecular formula is C33H22ClN3O3. The number of amides is 1. The molecule has 6 aromatic rings. The number of hydrogen-bond acceptors (Lipinski definition) is 4. The molecule has 7 heteroatoms. The number of esters is 1. The molecule has 6 nitrogen and oxygen atoms in total. The number of para-hydroxylation sites is 1. The average molecular weight is 544 g/mol. The Labute approximate surface area is 234 Å². The van der Waals surface area contributed by atoms with Gasteiger partial charge in [0, 0.05) is 21.9 Å². The molecule has 0 saturated heterocycles. The molecule has 1 amide bonds. The lowest BCUT2D eigenvalue weighted by molar-refractivity contribution is 0.0734. The summed E-state index contributed by atoms with van der Waals surface area (Å²) in [6, 6.07) is 35.5. The monoisotopic (exact) mass is 543 g/mol. The first-order valence-electron chi connectivity index (χ1n) is 12.6. The minimum Gasteiger partial charge on any atom is -0.422 e. The van der Waals surface area contributed by atoms with Gasteiger partial charge in [-0.3, -0.25) is 4.79 Å². The fraction of sp³-hybridized carbons (Fsp3) is 0. The van der Waals surface area contributed by atoms with Gasteiger partial charge in [-0.05, 0) is 35.2 Å². The second-order valence-corrected chi connectivity index (χ2v) is 9.46. The number of aromatic nitrogens is 1. The summed E-state index contributed by atoms with van der Waals surface area (Å²) in [5.74, 6) is -0.707. The maximum Gasteiger partial charge on any atom is 0.345 e. The van der Waals surface area contributed by atoms with Crippen LogP contribution >= 0.6 is 11.6 Å². The number of fused-ring (bicyclic) bond motifs is 3. The summed E-state index contributed by atoms with van der Waals surface area (Å²) in [6.07, 6.45) is 1.44. The van der Waals surface area contributed by atoms with Crippen molar-refractivity contribution in [1.82, 2.24) is 10.4 Å². The smallest absolute Gasteiger partial charge is 0.345 e. The second kappa shape index (κ2) is 10.9. The van der Waals surface area contributed by atoms with Crippen molar-refractivity contribution in [3.8, 4) is 16.9 Å². The predicted molar refractivity (Wildman–Crippen MR) is 159 cm³/mol. The van der Waals surface area contributed by atoms with E-state index >= 15 is 0 Å². The third-order valence-electron chi connectivity index (χ3n) is 6.57. The summed E-state index contributed by atoms with van der Waals surface area (Å²) in [4.78, 5) is 29.5. The van der Waals surface area contributed by atoms with Crippen LogP contribution in [0.1, 0.15) is 26.4 Å². The average Bonchev–Trinajstić information content (AvgIpc) is 3.39. The number of carbonyl (C=O) groups is 2. The lowest BCUT2D eigenvalue weighted by Crippen LogP contribution is -2.19. The van der Waals surface area contributed by atoms with Gasteiger partial charge in [-0.1, -0.05) is 103 Å². The highest BCUT2D eigenvalue weighted by molar-refractivity contribution is 6.33. The van der Waals surface area contributed by atoms with E-state index in [9.17, 15) is 9.59 Å². The van der Waals surface area contributed by atoms with Gasteiger partial charge in [0.25, 0.3) is 5.91 Å². The fourth-order valence-corrected chi connectivity index (χ4v) is 4.90. The number of H-pyrrole nitrogens is 1. The van der Waals surface area contributed by atoms with Crippen LogP contribution in [0.3, 0.4) is 0 Å². The molecule has 2 N–H and O–H groups in total. The maximum absolute atomic E-state index is 13.5. The minimum absolute atomic E-state index is 0.254. The van der Waals surface area contributed by atoms with Gasteiger partial charge in [0.15, 0.2) is 0 Å². The SMILES string of the molecule is O=C(Oc1ccccc1C=NNC(=O)c1[nH]c2c(ccc3ccccc32)c1-c1ccccc1)c1ccccc1Cl. The number of halogens is 1. The van der Waals surface area contributed by atoms with Crippen LogP contribution in [0.2, 0.25) is 5.02 Å². The molecule has 5 aromatic carbocycles. The molecule has 6 rings (SSSR count). The van der Waals surface area contributed by atoms with E-state index in [4.69, 9.17) is 16.3 Å². The van der Waals surface area contributed by atoms with Gasteiger partial charge in [0.2, 0.25) is 0 Å². The van der Waals surface area contributed by atoms with Crippen molar-refractivity contribution in [1.29, 1.82) is 0 Å². The summed E-state index contributed by atoms with van der Waals surface area (Å²) in [5, 5.41) is 7.51. The Morgan fingerprint density at radius 2 is 1.50 bits per heavy atom. The number of aromatic amines is 1. The van der Waals surface area contributed by atoms with Crippen molar-refractivity contribution in [2.24, 2.45) is 5.10 Å². The molecule has 0 aliphatic rings. The first-order chi connectivity index (χ1) is 19.6. The van der Waals surface area contributed by atoms with Gasteiger partial charge in [0.1, 0.15) is 11.4 Å². The van der Waals surface area contributed by atoms with E-state index < -0.39 is 11.9 Å². The molecule has 0 saturated carbocycles. The molecule has 0 atom stereocenters. The van der Waals surface area contributed by atoms with Crippen molar-refractivity contribution in [3.05, 3.63) is 137 Å². The highest BCUT2D eigenvalue weighted by atomic mass is 35.5. The number of nitrogens with zero attached hydrogens (tertiary/aromatic N) is 1. The largest absolute Gasteiger partial charge is 0.422 e. The molecule has 0 fully saturated rings. The van der Waals surface area contributed by atoms with Crippen LogP contribution < -0.4 is 10.2 Å². The van der Waals surface area contributed by atoms with E-state index in [-0.39, 0.29) is 11.3 Å². The van der Waals surface area contributed by atoms with Gasteiger partial charge in [0.05, 0.1) is 22.3 Å². The Bertz CT molecular complexity index is 1910. The number of nitrogens with one attached hydrogen (secondary N) is 2. The van der Waals surface area contributed by atoms with Crippen LogP contribution in [0.5, 0.6) is 5.75 Å². The Morgan fingerprint density at radius 3 is 2.35 bits per heavy atom. The number of rotatable bonds is 6. The standard InChI is InChI=1S/C33H22ClN3O3/c34-27-16-8-7-15-25(27)33(39)40-28-17-9-5-13-23(28)20-35-37-32(38)31-29(22-11-2-1-3-12-22)26-19-18-21-10-4-6-14-24(21)30(26)36-31/h1-20,36H,(H,37,38). The first-order valence-corrected chi connectivity index (χ1v) is 13.0. The number of ether oxygens (including phenoxy) is 1. The quantitative estimate of drug-likeness (QED) is 0.0980. The lowest BCUT2D eigenvalue weighted by Gasteiger charge is -2.08. The highest BCUT2D eigenvalue weighted by Crippen LogP contribution is 2.36. The van der Waals surface area contributed by atoms with Crippen LogP contribution in [0.4, 0.5) is 0 Å². The van der Waals surface area contributed by atoms with E-state index in [0.717, 1.165) is 32.8 Å². The zero-order valence-electron chi connectivity index (χ0n) is 21.1. The van der Waals surface area contributed by atoms with E-state index in [1.54, 1.807) is 48.5 Å². The van der Waals surface area contributed by atoms with Crippen LogP contribution in [-0.2, 0) is 0 Å². The Kier molecular flexibility index (Phi) is 6.83. The summed E-state index contributed by atoms with van der Waals surface area (Å²) in [6.45, 7) is 0. The number of carbonyl (C=O) groups excluding carboxylic acids is 2. The summed E-state index contributed by atoms with van der Waals surface area (Å²) in [5.41, 5.74) is 6.37. The number of hydrazone groups is 1. The Balaban J connectivity index is 1.31. The molecule has 0 unspecified atom stereocenters. The van der Waals surface area contributed by atoms with Crippen LogP contribution in [0, 0.1) is 0 Å². The molecule has 0 bridgehead atoms. The van der Waals surface area contributed by atoms with Crippen molar-refractivity contribution >= 4 is 51.4 Å². The Hall–Kier alpha value is -5.20. The van der Waals surface area contributed by atoms with Gasteiger partial charge in [-0.2, -0.15) is 5.10 Å². The van der Waals surface area contributed by atoms with Gasteiger partial charge in [-0.25, -0.2) is 10.2 Å². The van der Waals surface area contributed by atoms with Crippen molar-refractivity contribution < 1.29 is 14.3 Å². The zero-order valence-corrected chi connectivity index (χ0v) is 21.9. The molecule has 0 aliphatic carbocycles. The third-order valence-corrected chi connectivity index (χ3v) is 6.90. The van der Waals surface area contributed by atoms with Gasteiger partial charge in [-0.15, -0.1) is 0 Å². The van der Waals surface area contributed by atoms with Crippen LogP contribution in [0.25, 0.3) is 32.8 Å². The van der Waals surface area contributed by atoms with Crippen LogP contribution in [-0.4, -0.2) is 23.1 Å². The topological polar surface area (TPSA) is 83.5 Å². The molecule has 1 aromatic heterocycles. The molecule has 0 radical (unpaired) electrons. The summed E-state index contributed by atoms with van der Waals surface area (Å²) in [7, 11) is 0. The van der Waals surface area contributed by atoms with E-state index in [1.807, 2.05) is 60.7 Å². The number of hydrogen-bond donors (Lipinski definition) is 2. The van der Waals surface area contributed by atoms with Crippen LogP contribution in [0.15, 0.2) is 120 Å².